The molecule has 35 heavy (non-hydrogen) atoms. The monoisotopic (exact) mass is 508 g/mol. The van der Waals surface area contributed by atoms with Crippen LogP contribution in [-0.2, 0) is 6.42 Å². The lowest BCUT2D eigenvalue weighted by atomic mass is 10.1. The van der Waals surface area contributed by atoms with Gasteiger partial charge in [-0.2, -0.15) is 0 Å². The number of fused-ring (bicyclic) bond motifs is 1. The molecule has 0 unspecified atom stereocenters. The summed E-state index contributed by atoms with van der Waals surface area (Å²) >= 11 is 7.33. The number of aromatic amines is 1. The maximum Gasteiger partial charge on any atom is 0.335 e. The van der Waals surface area contributed by atoms with E-state index in [1.54, 1.807) is 12.1 Å². The van der Waals surface area contributed by atoms with Gasteiger partial charge in [-0.25, -0.2) is 4.79 Å². The van der Waals surface area contributed by atoms with Gasteiger partial charge in [0, 0.05) is 20.8 Å². The molecule has 0 bridgehead atoms. The van der Waals surface area contributed by atoms with Crippen molar-refractivity contribution >= 4 is 46.3 Å². The first-order valence-corrected chi connectivity index (χ1v) is 12.3. The average molecular weight is 509 g/mol. The quantitative estimate of drug-likeness (QED) is 0.175. The largest absolute Gasteiger partial charge is 0.494 e. The number of carbonyl (C=O) groups excluding carboxylic acids is 1. The second kappa shape index (κ2) is 10.9. The van der Waals surface area contributed by atoms with Crippen molar-refractivity contribution in [1.29, 1.82) is 0 Å². The highest BCUT2D eigenvalue weighted by Crippen LogP contribution is 2.27. The van der Waals surface area contributed by atoms with Crippen LogP contribution in [0.3, 0.4) is 0 Å². The van der Waals surface area contributed by atoms with E-state index < -0.39 is 5.97 Å². The van der Waals surface area contributed by atoms with E-state index in [9.17, 15) is 14.7 Å². The number of para-hydroxylation sites is 1. The predicted molar refractivity (Wildman–Crippen MR) is 140 cm³/mol. The molecular weight excluding hydrogens is 484 g/mol. The lowest BCUT2D eigenvalue weighted by Gasteiger charge is -2.10. The number of carboxylic acids is 1. The summed E-state index contributed by atoms with van der Waals surface area (Å²) in [6.45, 7) is 4.40. The summed E-state index contributed by atoms with van der Waals surface area (Å²) in [6, 6.07) is 18.1. The van der Waals surface area contributed by atoms with Crippen LogP contribution in [0.25, 0.3) is 10.9 Å². The molecule has 1 amide bonds. The van der Waals surface area contributed by atoms with Crippen molar-refractivity contribution in [3.8, 4) is 5.75 Å². The molecule has 0 fully saturated rings. The summed E-state index contributed by atoms with van der Waals surface area (Å²) in [5.41, 5.74) is 4.42. The van der Waals surface area contributed by atoms with E-state index >= 15 is 0 Å². The number of ether oxygens (including phenoxy) is 1. The van der Waals surface area contributed by atoms with Crippen LogP contribution in [0.1, 0.15) is 44.0 Å². The number of aryl methyl sites for hydroxylation is 3. The van der Waals surface area contributed by atoms with Crippen LogP contribution in [-0.4, -0.2) is 28.6 Å². The number of nitrogens with one attached hydrogen (secondary N) is 2. The molecule has 0 saturated heterocycles. The van der Waals surface area contributed by atoms with E-state index in [2.05, 4.69) is 9.71 Å². The third-order valence-corrected chi connectivity index (χ3v) is 7.01. The molecule has 4 rings (SSSR count). The van der Waals surface area contributed by atoms with Crippen LogP contribution >= 0.6 is 23.5 Å². The zero-order valence-electron chi connectivity index (χ0n) is 19.4. The first-order chi connectivity index (χ1) is 16.8. The summed E-state index contributed by atoms with van der Waals surface area (Å²) in [5.74, 6) is -0.504. The maximum atomic E-state index is 13.1. The Kier molecular flexibility index (Phi) is 7.68. The molecule has 0 atom stereocenters. The Morgan fingerprint density at radius 3 is 2.54 bits per heavy atom. The molecule has 4 aromatic rings. The van der Waals surface area contributed by atoms with Gasteiger partial charge in [0.15, 0.2) is 0 Å². The van der Waals surface area contributed by atoms with E-state index in [4.69, 9.17) is 16.3 Å². The fourth-order valence-electron chi connectivity index (χ4n) is 3.93. The molecule has 1 heterocycles. The van der Waals surface area contributed by atoms with Gasteiger partial charge in [0.1, 0.15) is 11.4 Å². The van der Waals surface area contributed by atoms with Gasteiger partial charge in [-0.3, -0.25) is 9.52 Å². The van der Waals surface area contributed by atoms with Crippen LogP contribution in [0, 0.1) is 13.8 Å². The number of hydrogen-bond donors (Lipinski definition) is 3. The van der Waals surface area contributed by atoms with Crippen molar-refractivity contribution in [1.82, 2.24) is 9.71 Å². The number of aromatic carboxylic acids is 1. The molecule has 6 nitrogen and oxygen atoms in total. The SMILES string of the molecule is Cc1cc(OCCCc2c(C(=O)NSc3cccc(C(=O)O)c3)[nH]c3ccccc23)cc(C)c1Cl. The van der Waals surface area contributed by atoms with E-state index in [1.165, 1.54) is 12.1 Å². The van der Waals surface area contributed by atoms with Crippen LogP contribution in [0.15, 0.2) is 65.6 Å². The Balaban J connectivity index is 1.45. The van der Waals surface area contributed by atoms with Crippen LogP contribution in [0.5, 0.6) is 5.75 Å². The summed E-state index contributed by atoms with van der Waals surface area (Å²) in [7, 11) is 0. The van der Waals surface area contributed by atoms with E-state index in [-0.39, 0.29) is 11.5 Å². The standard InChI is InChI=1S/C27H25ClN2O4S/c1-16-13-19(14-17(2)24(16)28)34-12-6-10-22-21-9-3-4-11-23(21)29-25(22)26(31)30-35-20-8-5-7-18(15-20)27(32)33/h3-5,7-9,11,13-15,29H,6,10,12H2,1-2H3,(H,30,31)(H,32,33). The van der Waals surface area contributed by atoms with E-state index in [0.29, 0.717) is 23.6 Å². The van der Waals surface area contributed by atoms with E-state index in [0.717, 1.165) is 56.7 Å². The third kappa shape index (κ3) is 5.81. The smallest absolute Gasteiger partial charge is 0.335 e. The first-order valence-electron chi connectivity index (χ1n) is 11.1. The second-order valence-corrected chi connectivity index (χ2v) is 9.47. The summed E-state index contributed by atoms with van der Waals surface area (Å²) in [5, 5.41) is 10.9. The number of aromatic nitrogens is 1. The van der Waals surface area contributed by atoms with Crippen LogP contribution in [0.4, 0.5) is 0 Å². The maximum absolute atomic E-state index is 13.1. The number of amides is 1. The molecule has 0 saturated carbocycles. The van der Waals surface area contributed by atoms with Crippen molar-refractivity contribution in [3.05, 3.63) is 93.6 Å². The molecular formula is C27H25ClN2O4S. The predicted octanol–water partition coefficient (Wildman–Crippen LogP) is 6.59. The van der Waals surface area contributed by atoms with Gasteiger partial charge >= 0.3 is 5.97 Å². The van der Waals surface area contributed by atoms with Crippen molar-refractivity contribution in [2.75, 3.05) is 6.61 Å². The van der Waals surface area contributed by atoms with Crippen LogP contribution < -0.4 is 9.46 Å². The summed E-state index contributed by atoms with van der Waals surface area (Å²) in [4.78, 5) is 28.1. The Morgan fingerprint density at radius 2 is 1.80 bits per heavy atom. The normalized spacial score (nSPS) is 10.9. The zero-order valence-corrected chi connectivity index (χ0v) is 20.9. The lowest BCUT2D eigenvalue weighted by Crippen LogP contribution is -2.18. The number of rotatable bonds is 9. The molecule has 8 heteroatoms. The molecule has 3 N–H and O–H groups in total. The number of carbonyl (C=O) groups is 2. The molecule has 180 valence electrons. The minimum atomic E-state index is -1.01. The Labute approximate surface area is 212 Å². The van der Waals surface area contributed by atoms with Crippen molar-refractivity contribution in [2.45, 2.75) is 31.6 Å². The number of hydrogen-bond acceptors (Lipinski definition) is 4. The highest BCUT2D eigenvalue weighted by molar-refractivity contribution is 7.98. The minimum Gasteiger partial charge on any atom is -0.494 e. The first kappa shape index (κ1) is 24.7. The molecule has 0 aliphatic heterocycles. The van der Waals surface area contributed by atoms with Crippen molar-refractivity contribution in [3.63, 3.8) is 0 Å². The molecule has 0 aliphatic rings. The molecule has 1 aromatic heterocycles. The van der Waals surface area contributed by atoms with Gasteiger partial charge in [-0.15, -0.1) is 0 Å². The number of halogens is 1. The van der Waals surface area contributed by atoms with E-state index in [1.807, 2.05) is 50.2 Å². The fourth-order valence-corrected chi connectivity index (χ4v) is 4.69. The van der Waals surface area contributed by atoms with Gasteiger partial charge < -0.3 is 14.8 Å². The molecule has 0 radical (unpaired) electrons. The molecule has 0 aliphatic carbocycles. The van der Waals surface area contributed by atoms with Gasteiger partial charge in [0.25, 0.3) is 5.91 Å². The second-order valence-electron chi connectivity index (χ2n) is 8.21. The fraction of sp³-hybridized carbons (Fsp3) is 0.185. The van der Waals surface area contributed by atoms with Gasteiger partial charge in [-0.05, 0) is 91.7 Å². The molecule has 3 aromatic carbocycles. The number of carboxylic acid groups (broad SMARTS) is 1. The minimum absolute atomic E-state index is 0.168. The Morgan fingerprint density at radius 1 is 1.06 bits per heavy atom. The van der Waals surface area contributed by atoms with Gasteiger partial charge in [0.05, 0.1) is 12.2 Å². The third-order valence-electron chi connectivity index (χ3n) is 5.63. The highest BCUT2D eigenvalue weighted by Gasteiger charge is 2.18. The summed E-state index contributed by atoms with van der Waals surface area (Å²) in [6.07, 6.45) is 1.37. The summed E-state index contributed by atoms with van der Waals surface area (Å²) < 4.78 is 8.77. The number of H-pyrrole nitrogens is 1. The number of benzene rings is 3. The lowest BCUT2D eigenvalue weighted by molar-refractivity contribution is 0.0696. The van der Waals surface area contributed by atoms with Crippen molar-refractivity contribution < 1.29 is 19.4 Å². The highest BCUT2D eigenvalue weighted by atomic mass is 35.5. The topological polar surface area (TPSA) is 91.4 Å². The van der Waals surface area contributed by atoms with Gasteiger partial charge in [-0.1, -0.05) is 35.9 Å². The van der Waals surface area contributed by atoms with Crippen molar-refractivity contribution in [2.24, 2.45) is 0 Å². The zero-order chi connectivity index (χ0) is 24.9. The van der Waals surface area contributed by atoms with Crippen LogP contribution in [0.2, 0.25) is 5.02 Å². The molecule has 0 spiro atoms. The van der Waals surface area contributed by atoms with Gasteiger partial charge in [0.2, 0.25) is 0 Å². The average Bonchev–Trinajstić information content (AvgIpc) is 3.22. The Bertz CT molecular complexity index is 1380. The Hall–Kier alpha value is -3.42.